The van der Waals surface area contributed by atoms with Crippen LogP contribution in [-0.4, -0.2) is 47.3 Å². The first-order valence-corrected chi connectivity index (χ1v) is 14.1. The van der Waals surface area contributed by atoms with Crippen molar-refractivity contribution in [1.82, 2.24) is 15.0 Å². The highest BCUT2D eigenvalue weighted by atomic mass is 32.2. The lowest BCUT2D eigenvalue weighted by Gasteiger charge is -2.22. The summed E-state index contributed by atoms with van der Waals surface area (Å²) >= 11 is 0. The van der Waals surface area contributed by atoms with Crippen molar-refractivity contribution in [2.24, 2.45) is 0 Å². The molecule has 0 spiro atoms. The van der Waals surface area contributed by atoms with E-state index >= 15 is 0 Å². The summed E-state index contributed by atoms with van der Waals surface area (Å²) in [6.45, 7) is 0.00223. The van der Waals surface area contributed by atoms with Crippen molar-refractivity contribution in [3.8, 4) is 0 Å². The number of nitrogens with zero attached hydrogens (tertiary/aromatic N) is 2. The third-order valence-corrected chi connectivity index (χ3v) is 9.15. The fraction of sp³-hybridized carbons (Fsp3) is 0.259. The number of nitro benzene ring substituents is 1. The van der Waals surface area contributed by atoms with E-state index < -0.39 is 49.6 Å². The number of carbonyl (C=O) groups is 2. The molecule has 1 heterocycles. The summed E-state index contributed by atoms with van der Waals surface area (Å²) in [6.07, 6.45) is 2.16. The highest BCUT2D eigenvalue weighted by Crippen LogP contribution is 2.33. The molecule has 0 radical (unpaired) electrons. The molecule has 0 unspecified atom stereocenters. The molecule has 0 aromatic heterocycles. The van der Waals surface area contributed by atoms with E-state index in [2.05, 4.69) is 16.2 Å². The van der Waals surface area contributed by atoms with Gasteiger partial charge in [-0.05, 0) is 60.1 Å². The quantitative estimate of drug-likeness (QED) is 0.250. The van der Waals surface area contributed by atoms with Crippen LogP contribution in [-0.2, 0) is 27.7 Å². The van der Waals surface area contributed by atoms with E-state index in [0.29, 0.717) is 6.42 Å². The number of hydrazine groups is 1. The molecule has 0 bridgehead atoms. The first-order chi connectivity index (χ1) is 19.2. The number of nitrogens with one attached hydrogen (secondary N) is 3. The van der Waals surface area contributed by atoms with Crippen LogP contribution in [0.15, 0.2) is 71.6 Å². The van der Waals surface area contributed by atoms with Gasteiger partial charge < -0.3 is 10.4 Å². The van der Waals surface area contributed by atoms with Gasteiger partial charge in [-0.25, -0.2) is 13.2 Å². The van der Waals surface area contributed by atoms with Crippen LogP contribution in [0.3, 0.4) is 0 Å². The van der Waals surface area contributed by atoms with E-state index in [1.54, 1.807) is 0 Å². The van der Waals surface area contributed by atoms with Gasteiger partial charge in [0.25, 0.3) is 5.69 Å². The molecule has 1 fully saturated rings. The lowest BCUT2D eigenvalue weighted by molar-refractivity contribution is -0.384. The number of rotatable bonds is 7. The van der Waals surface area contributed by atoms with Gasteiger partial charge in [-0.3, -0.25) is 25.8 Å². The third kappa shape index (κ3) is 5.20. The maximum Gasteiger partial charge on any atom is 0.334 e. The minimum absolute atomic E-state index is 0.00223. The van der Waals surface area contributed by atoms with Crippen molar-refractivity contribution < 1.29 is 28.0 Å². The summed E-state index contributed by atoms with van der Waals surface area (Å²) in [5.41, 5.74) is 8.30. The Bertz CT molecular complexity index is 1550. The van der Waals surface area contributed by atoms with E-state index in [-0.39, 0.29) is 18.7 Å². The van der Waals surface area contributed by atoms with Crippen molar-refractivity contribution >= 4 is 33.4 Å². The first-order valence-electron chi connectivity index (χ1n) is 12.7. The lowest BCUT2D eigenvalue weighted by Crippen LogP contribution is -2.41. The van der Waals surface area contributed by atoms with E-state index in [0.717, 1.165) is 57.6 Å². The molecule has 1 saturated heterocycles. The van der Waals surface area contributed by atoms with Gasteiger partial charge in [0, 0.05) is 12.6 Å². The van der Waals surface area contributed by atoms with Gasteiger partial charge in [0.05, 0.1) is 15.9 Å². The molecule has 12 nitrogen and oxygen atoms in total. The second-order valence-electron chi connectivity index (χ2n) is 9.60. The zero-order valence-corrected chi connectivity index (χ0v) is 22.1. The third-order valence-electron chi connectivity index (χ3n) is 7.24. The molecular formula is C27H27N5O7S. The fourth-order valence-electron chi connectivity index (χ4n) is 5.31. The second kappa shape index (κ2) is 10.9. The molecule has 2 amide bonds. The molecular weight excluding hydrogens is 538 g/mol. The Balaban J connectivity index is 1.35. The number of hydrogen-bond donors (Lipinski definition) is 4. The predicted octanol–water partition coefficient (Wildman–Crippen LogP) is 3.35. The smallest absolute Gasteiger partial charge is 0.334 e. The highest BCUT2D eigenvalue weighted by molar-refractivity contribution is 7.89. The van der Waals surface area contributed by atoms with Gasteiger partial charge in [-0.1, -0.05) is 48.5 Å². The van der Waals surface area contributed by atoms with Crippen LogP contribution >= 0.6 is 0 Å². The van der Waals surface area contributed by atoms with Gasteiger partial charge in [-0.15, -0.1) is 0 Å². The fourth-order valence-corrected chi connectivity index (χ4v) is 6.98. The monoisotopic (exact) mass is 565 g/mol. The number of aryl methyl sites for hydroxylation is 2. The van der Waals surface area contributed by atoms with E-state index in [4.69, 9.17) is 0 Å². The van der Waals surface area contributed by atoms with Crippen LogP contribution in [0.5, 0.6) is 0 Å². The molecule has 4 N–H and O–H groups in total. The van der Waals surface area contributed by atoms with Crippen molar-refractivity contribution in [3.05, 3.63) is 99.1 Å². The summed E-state index contributed by atoms with van der Waals surface area (Å²) in [5.74, 6) is -1.28. The maximum absolute atomic E-state index is 13.1. The zero-order valence-electron chi connectivity index (χ0n) is 21.2. The van der Waals surface area contributed by atoms with Gasteiger partial charge in [0.2, 0.25) is 10.0 Å². The number of nitro groups is 1. The number of carboxylic acids is 1. The van der Waals surface area contributed by atoms with Crippen molar-refractivity contribution in [2.45, 2.75) is 42.7 Å². The van der Waals surface area contributed by atoms with Gasteiger partial charge in [0.1, 0.15) is 11.7 Å². The number of aliphatic carboxylic acids is 1. The molecule has 3 aromatic carbocycles. The van der Waals surface area contributed by atoms with Gasteiger partial charge in [-0.2, -0.15) is 4.31 Å². The second-order valence-corrected chi connectivity index (χ2v) is 11.5. The predicted molar refractivity (Wildman–Crippen MR) is 145 cm³/mol. The van der Waals surface area contributed by atoms with Crippen LogP contribution < -0.4 is 16.2 Å². The number of benzene rings is 3. The largest absolute Gasteiger partial charge is 0.480 e. The topological polar surface area (TPSA) is 171 Å². The Labute approximate surface area is 230 Å². The number of fused-ring (bicyclic) bond motifs is 2. The normalized spacial score (nSPS) is 17.2. The molecule has 2 aliphatic rings. The molecule has 13 heteroatoms. The van der Waals surface area contributed by atoms with E-state index in [9.17, 15) is 33.2 Å². The summed E-state index contributed by atoms with van der Waals surface area (Å²) in [5, 5.41) is 24.1. The molecule has 40 heavy (non-hydrogen) atoms. The molecule has 208 valence electrons. The highest BCUT2D eigenvalue weighted by Gasteiger charge is 2.40. The number of sulfonamides is 1. The molecule has 5 rings (SSSR count). The maximum atomic E-state index is 13.1. The molecule has 3 aromatic rings. The summed E-state index contributed by atoms with van der Waals surface area (Å²) in [7, 11) is -4.30. The van der Waals surface area contributed by atoms with Crippen LogP contribution in [0.2, 0.25) is 0 Å². The summed E-state index contributed by atoms with van der Waals surface area (Å²) in [4.78, 5) is 35.1. The minimum Gasteiger partial charge on any atom is -0.480 e. The Morgan fingerprint density at radius 3 is 2.20 bits per heavy atom. The first kappa shape index (κ1) is 27.1. The van der Waals surface area contributed by atoms with Crippen molar-refractivity contribution in [3.63, 3.8) is 0 Å². The minimum atomic E-state index is -4.30. The van der Waals surface area contributed by atoms with Crippen LogP contribution in [0.4, 0.5) is 16.2 Å². The standard InChI is InChI=1S/C27H27N5O7S/c33-26(34)23-10-5-15-31(23)40(38,39)19-13-14-22(24(16-19)32(36)37)29-30-27(35)28-25-20-8-3-1-6-17(20)11-12-18-7-2-4-9-21(18)25/h1-4,6-9,13-14,16,23,25,29H,5,10-12,15H2,(H,33,34)(H2,28,30,35)/t23-/m0/s1. The summed E-state index contributed by atoms with van der Waals surface area (Å²) in [6, 6.07) is 16.5. The number of amides is 2. The average molecular weight is 566 g/mol. The van der Waals surface area contributed by atoms with Gasteiger partial charge in [0.15, 0.2) is 0 Å². The molecule has 1 aliphatic carbocycles. The number of hydrogen-bond acceptors (Lipinski definition) is 7. The average Bonchev–Trinajstić information content (AvgIpc) is 3.40. The van der Waals surface area contributed by atoms with Crippen LogP contribution in [0, 0.1) is 10.1 Å². The number of carbonyl (C=O) groups excluding carboxylic acids is 1. The SMILES string of the molecule is O=C(NNc1ccc(S(=O)(=O)N2CCC[C@H]2C(=O)O)cc1[N+](=O)[O-])NC1c2ccccc2CCc2ccccc21. The van der Waals surface area contributed by atoms with Crippen LogP contribution in [0.25, 0.3) is 0 Å². The van der Waals surface area contributed by atoms with E-state index in [1.165, 1.54) is 0 Å². The summed E-state index contributed by atoms with van der Waals surface area (Å²) < 4.78 is 27.0. The lowest BCUT2D eigenvalue weighted by atomic mass is 9.95. The Kier molecular flexibility index (Phi) is 7.41. The number of anilines is 1. The number of carboxylic acid groups (broad SMARTS) is 1. The Morgan fingerprint density at radius 1 is 0.975 bits per heavy atom. The number of urea groups is 1. The van der Waals surface area contributed by atoms with Gasteiger partial charge >= 0.3 is 12.0 Å². The molecule has 0 saturated carbocycles. The Morgan fingerprint density at radius 2 is 1.60 bits per heavy atom. The zero-order chi connectivity index (χ0) is 28.4. The van der Waals surface area contributed by atoms with Crippen LogP contribution in [0.1, 0.15) is 41.1 Å². The van der Waals surface area contributed by atoms with Crippen molar-refractivity contribution in [2.75, 3.05) is 12.0 Å². The Hall–Kier alpha value is -4.49. The molecule has 1 aliphatic heterocycles. The van der Waals surface area contributed by atoms with E-state index in [1.807, 2.05) is 48.5 Å². The molecule has 1 atom stereocenters. The van der Waals surface area contributed by atoms with Crippen molar-refractivity contribution in [1.29, 1.82) is 0 Å².